The molecule has 0 aliphatic heterocycles. The lowest BCUT2D eigenvalue weighted by Gasteiger charge is -2.12. The first-order valence-electron chi connectivity index (χ1n) is 10.0. The summed E-state index contributed by atoms with van der Waals surface area (Å²) >= 11 is 0. The number of para-hydroxylation sites is 1. The number of rotatable bonds is 7. The van der Waals surface area contributed by atoms with Gasteiger partial charge in [-0.2, -0.15) is 0 Å². The predicted octanol–water partition coefficient (Wildman–Crippen LogP) is 4.97. The van der Waals surface area contributed by atoms with Crippen molar-refractivity contribution in [3.05, 3.63) is 96.6 Å². The molecule has 0 aromatic heterocycles. The summed E-state index contributed by atoms with van der Waals surface area (Å²) in [7, 11) is -3.73. The Morgan fingerprint density at radius 1 is 0.812 bits per heavy atom. The van der Waals surface area contributed by atoms with Gasteiger partial charge in [0.25, 0.3) is 15.9 Å². The molecule has 0 atom stereocenters. The largest absolute Gasteiger partial charge is 0.484 e. The van der Waals surface area contributed by atoms with Crippen LogP contribution in [0.5, 0.6) is 5.75 Å². The number of carbonyl (C=O) groups excluding carboxylic acids is 1. The van der Waals surface area contributed by atoms with Crippen LogP contribution in [0.2, 0.25) is 0 Å². The molecule has 0 aliphatic rings. The molecular weight excluding hydrogens is 424 g/mol. The molecule has 0 saturated heterocycles. The number of ether oxygens (including phenoxy) is 1. The molecule has 0 fully saturated rings. The van der Waals surface area contributed by atoms with E-state index in [0.29, 0.717) is 17.1 Å². The Balaban J connectivity index is 1.38. The van der Waals surface area contributed by atoms with E-state index in [1.165, 1.54) is 24.3 Å². The van der Waals surface area contributed by atoms with E-state index in [0.717, 1.165) is 16.3 Å². The van der Waals surface area contributed by atoms with E-state index in [1.807, 2.05) is 61.5 Å². The van der Waals surface area contributed by atoms with Crippen LogP contribution in [0.3, 0.4) is 0 Å². The lowest BCUT2D eigenvalue weighted by molar-refractivity contribution is -0.118. The zero-order valence-electron chi connectivity index (χ0n) is 17.4. The van der Waals surface area contributed by atoms with E-state index < -0.39 is 10.0 Å². The van der Waals surface area contributed by atoms with E-state index in [9.17, 15) is 13.2 Å². The Morgan fingerprint density at radius 2 is 1.47 bits per heavy atom. The number of nitrogens with one attached hydrogen (secondary N) is 2. The quantitative estimate of drug-likeness (QED) is 0.420. The van der Waals surface area contributed by atoms with Crippen LogP contribution < -0.4 is 14.8 Å². The Morgan fingerprint density at radius 3 is 2.25 bits per heavy atom. The highest BCUT2D eigenvalue weighted by Crippen LogP contribution is 2.24. The molecule has 0 radical (unpaired) electrons. The fourth-order valence-corrected chi connectivity index (χ4v) is 4.41. The summed E-state index contributed by atoms with van der Waals surface area (Å²) in [5.41, 5.74) is 2.06. The molecule has 32 heavy (non-hydrogen) atoms. The molecule has 0 aliphatic carbocycles. The van der Waals surface area contributed by atoms with Gasteiger partial charge in [-0.1, -0.05) is 54.6 Å². The van der Waals surface area contributed by atoms with Crippen LogP contribution >= 0.6 is 0 Å². The van der Waals surface area contributed by atoms with Gasteiger partial charge in [-0.05, 0) is 54.3 Å². The van der Waals surface area contributed by atoms with Crippen LogP contribution in [0.4, 0.5) is 11.4 Å². The fourth-order valence-electron chi connectivity index (χ4n) is 3.28. The first-order chi connectivity index (χ1) is 15.4. The summed E-state index contributed by atoms with van der Waals surface area (Å²) in [6.07, 6.45) is 0. The van der Waals surface area contributed by atoms with Gasteiger partial charge in [-0.25, -0.2) is 8.42 Å². The molecule has 4 rings (SSSR count). The molecule has 2 N–H and O–H groups in total. The highest BCUT2D eigenvalue weighted by Gasteiger charge is 2.15. The molecule has 0 unspecified atom stereocenters. The van der Waals surface area contributed by atoms with Crippen molar-refractivity contribution in [3.63, 3.8) is 0 Å². The van der Waals surface area contributed by atoms with Gasteiger partial charge in [-0.3, -0.25) is 9.52 Å². The molecule has 0 saturated carbocycles. The average Bonchev–Trinajstić information content (AvgIpc) is 2.80. The first-order valence-corrected chi connectivity index (χ1v) is 11.5. The van der Waals surface area contributed by atoms with Crippen molar-refractivity contribution in [1.82, 2.24) is 0 Å². The molecule has 1 amide bonds. The molecular formula is C25H22N2O4S. The van der Waals surface area contributed by atoms with E-state index in [2.05, 4.69) is 10.0 Å². The van der Waals surface area contributed by atoms with Crippen molar-refractivity contribution in [2.75, 3.05) is 16.6 Å². The molecule has 0 bridgehead atoms. The van der Waals surface area contributed by atoms with Crippen LogP contribution in [0, 0.1) is 6.92 Å². The standard InChI is InChI=1S/C25H22N2O4S/c1-18-7-2-5-11-23(18)27-32(29,30)21-15-13-20(14-16-21)31-17-25(28)26-24-12-6-9-19-8-3-4-10-22(19)24/h2-16,27H,17H2,1H3,(H,26,28). The Bertz CT molecular complexity index is 1360. The number of anilines is 2. The van der Waals surface area contributed by atoms with Crippen LogP contribution in [-0.2, 0) is 14.8 Å². The number of benzene rings is 4. The van der Waals surface area contributed by atoms with Crippen molar-refractivity contribution in [2.24, 2.45) is 0 Å². The van der Waals surface area contributed by atoms with Gasteiger partial charge in [0.2, 0.25) is 0 Å². The number of sulfonamides is 1. The number of hydrogen-bond acceptors (Lipinski definition) is 4. The van der Waals surface area contributed by atoms with E-state index >= 15 is 0 Å². The third-order valence-electron chi connectivity index (χ3n) is 4.96. The van der Waals surface area contributed by atoms with E-state index in [-0.39, 0.29) is 17.4 Å². The normalized spacial score (nSPS) is 11.2. The molecule has 6 nitrogen and oxygen atoms in total. The topological polar surface area (TPSA) is 84.5 Å². The zero-order valence-corrected chi connectivity index (χ0v) is 18.2. The second-order valence-electron chi connectivity index (χ2n) is 7.26. The average molecular weight is 447 g/mol. The van der Waals surface area contributed by atoms with Crippen LogP contribution in [0.25, 0.3) is 10.8 Å². The minimum Gasteiger partial charge on any atom is -0.484 e. The summed E-state index contributed by atoms with van der Waals surface area (Å²) < 4.78 is 33.4. The maximum absolute atomic E-state index is 12.6. The monoisotopic (exact) mass is 446 g/mol. The minimum atomic E-state index is -3.73. The van der Waals surface area contributed by atoms with Gasteiger partial charge < -0.3 is 10.1 Å². The highest BCUT2D eigenvalue weighted by atomic mass is 32.2. The Labute approximate surface area is 186 Å². The van der Waals surface area contributed by atoms with Gasteiger partial charge in [0.05, 0.1) is 10.6 Å². The summed E-state index contributed by atoms with van der Waals surface area (Å²) in [4.78, 5) is 12.5. The smallest absolute Gasteiger partial charge is 0.262 e. The highest BCUT2D eigenvalue weighted by molar-refractivity contribution is 7.92. The van der Waals surface area contributed by atoms with Crippen LogP contribution in [0.1, 0.15) is 5.56 Å². The third-order valence-corrected chi connectivity index (χ3v) is 6.34. The van der Waals surface area contributed by atoms with Gasteiger partial charge in [0.15, 0.2) is 6.61 Å². The molecule has 0 spiro atoms. The van der Waals surface area contributed by atoms with Crippen LogP contribution in [0.15, 0.2) is 95.9 Å². The second-order valence-corrected chi connectivity index (χ2v) is 8.94. The van der Waals surface area contributed by atoms with Crippen LogP contribution in [-0.4, -0.2) is 20.9 Å². The van der Waals surface area contributed by atoms with Gasteiger partial charge in [0, 0.05) is 11.1 Å². The Kier molecular flexibility index (Phi) is 6.09. The zero-order chi connectivity index (χ0) is 22.6. The maximum Gasteiger partial charge on any atom is 0.262 e. The van der Waals surface area contributed by atoms with E-state index in [1.54, 1.807) is 12.1 Å². The van der Waals surface area contributed by atoms with E-state index in [4.69, 9.17) is 4.74 Å². The summed E-state index contributed by atoms with van der Waals surface area (Å²) in [5.74, 6) is 0.0900. The van der Waals surface area contributed by atoms with Crippen molar-refractivity contribution < 1.29 is 17.9 Å². The minimum absolute atomic E-state index is 0.105. The van der Waals surface area contributed by atoms with Gasteiger partial charge in [-0.15, -0.1) is 0 Å². The second kappa shape index (κ2) is 9.11. The lowest BCUT2D eigenvalue weighted by Crippen LogP contribution is -2.20. The number of amides is 1. The van der Waals surface area contributed by atoms with Gasteiger partial charge in [0.1, 0.15) is 5.75 Å². The molecule has 4 aromatic carbocycles. The molecule has 4 aromatic rings. The van der Waals surface area contributed by atoms with Crippen molar-refractivity contribution in [1.29, 1.82) is 0 Å². The third kappa shape index (κ3) is 4.90. The van der Waals surface area contributed by atoms with Crippen molar-refractivity contribution in [2.45, 2.75) is 11.8 Å². The van der Waals surface area contributed by atoms with Gasteiger partial charge >= 0.3 is 0 Å². The molecule has 162 valence electrons. The SMILES string of the molecule is Cc1ccccc1NS(=O)(=O)c1ccc(OCC(=O)Nc2cccc3ccccc23)cc1. The number of aryl methyl sites for hydroxylation is 1. The summed E-state index contributed by atoms with van der Waals surface area (Å²) in [6, 6.07) is 26.6. The molecule has 7 heteroatoms. The number of carbonyl (C=O) groups is 1. The predicted molar refractivity (Wildman–Crippen MR) is 127 cm³/mol. The van der Waals surface area contributed by atoms with Crippen molar-refractivity contribution >= 4 is 38.1 Å². The maximum atomic E-state index is 12.6. The number of hydrogen-bond donors (Lipinski definition) is 2. The Hall–Kier alpha value is -3.84. The summed E-state index contributed by atoms with van der Waals surface area (Å²) in [5, 5.41) is 4.83. The lowest BCUT2D eigenvalue weighted by atomic mass is 10.1. The fraction of sp³-hybridized carbons (Fsp3) is 0.0800. The van der Waals surface area contributed by atoms with Crippen molar-refractivity contribution in [3.8, 4) is 5.75 Å². The number of fused-ring (bicyclic) bond motifs is 1. The first kappa shape index (κ1) is 21.4. The molecule has 0 heterocycles. The summed E-state index contributed by atoms with van der Waals surface area (Å²) in [6.45, 7) is 1.63.